The van der Waals surface area contributed by atoms with Gasteiger partial charge in [0.15, 0.2) is 0 Å². The van der Waals surface area contributed by atoms with Gasteiger partial charge in [0.2, 0.25) is 0 Å². The van der Waals surface area contributed by atoms with Crippen molar-refractivity contribution in [2.75, 3.05) is 14.2 Å². The Morgan fingerprint density at radius 1 is 1.00 bits per heavy atom. The van der Waals surface area contributed by atoms with Crippen molar-refractivity contribution in [1.82, 2.24) is 0 Å². The number of rotatable bonds is 3. The minimum absolute atomic E-state index is 0.582. The minimum Gasteiger partial charge on any atom is -0.497 e. The average Bonchev–Trinajstić information content (AvgIpc) is 2.46. The van der Waals surface area contributed by atoms with Gasteiger partial charge in [0.1, 0.15) is 11.5 Å². The zero-order valence-corrected chi connectivity index (χ0v) is 10.3. The highest BCUT2D eigenvalue weighted by Gasteiger charge is 2.07. The van der Waals surface area contributed by atoms with E-state index in [9.17, 15) is 0 Å². The summed E-state index contributed by atoms with van der Waals surface area (Å²) >= 11 is 0. The molecule has 0 aliphatic carbocycles. The smallest absolute Gasteiger partial charge is 0.128 e. The maximum Gasteiger partial charge on any atom is 0.128 e. The highest BCUT2D eigenvalue weighted by atomic mass is 16.5. The predicted molar refractivity (Wildman–Crippen MR) is 69.7 cm³/mol. The fourth-order valence-electron chi connectivity index (χ4n) is 1.79. The van der Waals surface area contributed by atoms with Gasteiger partial charge in [-0.25, -0.2) is 0 Å². The highest BCUT2D eigenvalue weighted by molar-refractivity contribution is 5.72. The minimum atomic E-state index is 0.582. The van der Waals surface area contributed by atoms with Crippen molar-refractivity contribution in [1.29, 1.82) is 5.26 Å². The van der Waals surface area contributed by atoms with E-state index >= 15 is 0 Å². The molecule has 18 heavy (non-hydrogen) atoms. The highest BCUT2D eigenvalue weighted by Crippen LogP contribution is 2.32. The van der Waals surface area contributed by atoms with Crippen molar-refractivity contribution < 1.29 is 9.47 Å². The molecular weight excluding hydrogens is 226 g/mol. The van der Waals surface area contributed by atoms with Crippen molar-refractivity contribution in [2.45, 2.75) is 0 Å². The first-order chi connectivity index (χ1) is 8.78. The maximum absolute atomic E-state index is 8.88. The average molecular weight is 239 g/mol. The summed E-state index contributed by atoms with van der Waals surface area (Å²) < 4.78 is 10.5. The monoisotopic (exact) mass is 239 g/mol. The largest absolute Gasteiger partial charge is 0.497 e. The Hall–Kier alpha value is -2.47. The van der Waals surface area contributed by atoms with Crippen molar-refractivity contribution in [2.24, 2.45) is 0 Å². The van der Waals surface area contributed by atoms with E-state index in [1.54, 1.807) is 26.4 Å². The van der Waals surface area contributed by atoms with Gasteiger partial charge in [0, 0.05) is 5.56 Å². The second-order valence-corrected chi connectivity index (χ2v) is 3.76. The second-order valence-electron chi connectivity index (χ2n) is 3.76. The summed E-state index contributed by atoms with van der Waals surface area (Å²) in [6, 6.07) is 15.2. The molecular formula is C15H13NO2. The summed E-state index contributed by atoms with van der Waals surface area (Å²) in [5, 5.41) is 8.88. The van der Waals surface area contributed by atoms with Gasteiger partial charge in [-0.2, -0.15) is 5.26 Å². The molecule has 0 atom stereocenters. The van der Waals surface area contributed by atoms with Gasteiger partial charge in [-0.15, -0.1) is 0 Å². The van der Waals surface area contributed by atoms with E-state index in [-0.39, 0.29) is 0 Å². The lowest BCUT2D eigenvalue weighted by Gasteiger charge is -2.10. The third-order valence-corrected chi connectivity index (χ3v) is 2.71. The molecule has 3 nitrogen and oxygen atoms in total. The molecule has 0 unspecified atom stereocenters. The Bertz CT molecular complexity index is 600. The van der Waals surface area contributed by atoms with Crippen molar-refractivity contribution in [3.63, 3.8) is 0 Å². The number of benzene rings is 2. The SMILES string of the molecule is COc1cccc(-c2ccc(C#N)cc2OC)c1. The number of methoxy groups -OCH3 is 2. The molecule has 0 saturated carbocycles. The lowest BCUT2D eigenvalue weighted by Crippen LogP contribution is -1.90. The van der Waals surface area contributed by atoms with Crippen LogP contribution < -0.4 is 9.47 Å². The standard InChI is InChI=1S/C15H13NO2/c1-17-13-5-3-4-12(9-13)14-7-6-11(10-16)8-15(14)18-2/h3-9H,1-2H3. The van der Waals surface area contributed by atoms with Crippen molar-refractivity contribution in [3.8, 4) is 28.7 Å². The van der Waals surface area contributed by atoms with Crippen LogP contribution in [0.2, 0.25) is 0 Å². The molecule has 2 rings (SSSR count). The van der Waals surface area contributed by atoms with Gasteiger partial charge in [-0.1, -0.05) is 12.1 Å². The van der Waals surface area contributed by atoms with Gasteiger partial charge >= 0.3 is 0 Å². The van der Waals surface area contributed by atoms with E-state index in [0.717, 1.165) is 16.9 Å². The van der Waals surface area contributed by atoms with Crippen LogP contribution in [0.4, 0.5) is 0 Å². The maximum atomic E-state index is 8.88. The van der Waals surface area contributed by atoms with Crippen LogP contribution in [0.25, 0.3) is 11.1 Å². The first-order valence-electron chi connectivity index (χ1n) is 5.51. The van der Waals surface area contributed by atoms with Crippen LogP contribution in [0, 0.1) is 11.3 Å². The zero-order chi connectivity index (χ0) is 13.0. The molecule has 0 radical (unpaired) electrons. The van der Waals surface area contributed by atoms with E-state index in [1.165, 1.54) is 0 Å². The van der Waals surface area contributed by atoms with Gasteiger partial charge in [-0.05, 0) is 35.9 Å². The van der Waals surface area contributed by atoms with Crippen LogP contribution in [0.1, 0.15) is 5.56 Å². The van der Waals surface area contributed by atoms with E-state index in [0.29, 0.717) is 11.3 Å². The fraction of sp³-hybridized carbons (Fsp3) is 0.133. The van der Waals surface area contributed by atoms with E-state index in [2.05, 4.69) is 6.07 Å². The van der Waals surface area contributed by atoms with Gasteiger partial charge in [-0.3, -0.25) is 0 Å². The van der Waals surface area contributed by atoms with E-state index in [4.69, 9.17) is 14.7 Å². The summed E-state index contributed by atoms with van der Waals surface area (Å²) in [5.74, 6) is 1.47. The van der Waals surface area contributed by atoms with Gasteiger partial charge in [0.05, 0.1) is 25.9 Å². The summed E-state index contributed by atoms with van der Waals surface area (Å²) in [4.78, 5) is 0. The quantitative estimate of drug-likeness (QED) is 0.825. The third kappa shape index (κ3) is 2.28. The molecule has 0 bridgehead atoms. The molecule has 0 aliphatic rings. The Labute approximate surface area is 106 Å². The molecule has 3 heteroatoms. The van der Waals surface area contributed by atoms with Crippen LogP contribution in [0.5, 0.6) is 11.5 Å². The predicted octanol–water partition coefficient (Wildman–Crippen LogP) is 3.24. The second kappa shape index (κ2) is 5.24. The topological polar surface area (TPSA) is 42.2 Å². The molecule has 0 spiro atoms. The van der Waals surface area contributed by atoms with Crippen molar-refractivity contribution >= 4 is 0 Å². The Morgan fingerprint density at radius 2 is 1.83 bits per heavy atom. The van der Waals surface area contributed by atoms with Crippen LogP contribution in [0.15, 0.2) is 42.5 Å². The molecule has 0 N–H and O–H groups in total. The number of nitriles is 1. The molecule has 0 amide bonds. The van der Waals surface area contributed by atoms with E-state index < -0.39 is 0 Å². The summed E-state index contributed by atoms with van der Waals surface area (Å²) in [6.45, 7) is 0. The molecule has 0 aromatic heterocycles. The third-order valence-electron chi connectivity index (χ3n) is 2.71. The zero-order valence-electron chi connectivity index (χ0n) is 10.3. The number of ether oxygens (including phenoxy) is 2. The molecule has 0 saturated heterocycles. The van der Waals surface area contributed by atoms with Crippen molar-refractivity contribution in [3.05, 3.63) is 48.0 Å². The lowest BCUT2D eigenvalue weighted by atomic mass is 10.0. The Kier molecular flexibility index (Phi) is 3.49. The normalized spacial score (nSPS) is 9.61. The molecule has 90 valence electrons. The number of nitrogens with zero attached hydrogens (tertiary/aromatic N) is 1. The molecule has 2 aromatic carbocycles. The molecule has 0 fully saturated rings. The van der Waals surface area contributed by atoms with Crippen LogP contribution in [-0.2, 0) is 0 Å². The van der Waals surface area contributed by atoms with Crippen LogP contribution >= 0.6 is 0 Å². The molecule has 0 heterocycles. The fourth-order valence-corrected chi connectivity index (χ4v) is 1.79. The lowest BCUT2D eigenvalue weighted by molar-refractivity contribution is 0.413. The number of hydrogen-bond donors (Lipinski definition) is 0. The Morgan fingerprint density at radius 3 is 2.50 bits per heavy atom. The van der Waals surface area contributed by atoms with Crippen LogP contribution in [0.3, 0.4) is 0 Å². The Balaban J connectivity index is 2.53. The molecule has 0 aliphatic heterocycles. The summed E-state index contributed by atoms with van der Waals surface area (Å²) in [5.41, 5.74) is 2.52. The summed E-state index contributed by atoms with van der Waals surface area (Å²) in [6.07, 6.45) is 0. The van der Waals surface area contributed by atoms with Crippen LogP contribution in [-0.4, -0.2) is 14.2 Å². The first kappa shape index (κ1) is 12.0. The van der Waals surface area contributed by atoms with E-state index in [1.807, 2.05) is 30.3 Å². The summed E-state index contributed by atoms with van der Waals surface area (Å²) in [7, 11) is 3.23. The molecule has 2 aromatic rings. The first-order valence-corrected chi connectivity index (χ1v) is 5.51. The van der Waals surface area contributed by atoms with Gasteiger partial charge < -0.3 is 9.47 Å². The van der Waals surface area contributed by atoms with Gasteiger partial charge in [0.25, 0.3) is 0 Å². The number of hydrogen-bond acceptors (Lipinski definition) is 3.